The van der Waals surface area contributed by atoms with E-state index in [1.165, 1.54) is 22.1 Å². The highest BCUT2D eigenvalue weighted by atomic mass is 32.1. The molecule has 7 heteroatoms. The molecule has 5 nitrogen and oxygen atoms in total. The van der Waals surface area contributed by atoms with Crippen LogP contribution in [0.3, 0.4) is 0 Å². The number of thiophene rings is 1. The zero-order valence-electron chi connectivity index (χ0n) is 22.6. The number of carbonyl (C=O) groups is 2. The molecular weight excluding hydrogens is 497 g/mol. The molecule has 1 fully saturated rings. The number of carbonyl (C=O) groups excluding carboxylic acids is 2. The van der Waals surface area contributed by atoms with Crippen molar-refractivity contribution in [2.24, 2.45) is 0 Å². The summed E-state index contributed by atoms with van der Waals surface area (Å²) in [4.78, 5) is 34.0. The number of benzene rings is 2. The van der Waals surface area contributed by atoms with Gasteiger partial charge in [0.1, 0.15) is 5.82 Å². The highest BCUT2D eigenvalue weighted by molar-refractivity contribution is 7.10. The molecule has 200 valence electrons. The van der Waals surface area contributed by atoms with Gasteiger partial charge in [-0.2, -0.15) is 0 Å². The van der Waals surface area contributed by atoms with Gasteiger partial charge in [-0.3, -0.25) is 14.5 Å². The molecule has 0 radical (unpaired) electrons. The lowest BCUT2D eigenvalue weighted by Crippen LogP contribution is -2.57. The number of amides is 2. The number of fused-ring (bicyclic) bond motifs is 1. The molecule has 0 spiro atoms. The van der Waals surface area contributed by atoms with Gasteiger partial charge in [0.25, 0.3) is 5.91 Å². The number of piperazine rings is 1. The predicted molar refractivity (Wildman–Crippen MR) is 150 cm³/mol. The van der Waals surface area contributed by atoms with E-state index in [2.05, 4.69) is 37.1 Å². The zero-order valence-corrected chi connectivity index (χ0v) is 23.4. The summed E-state index contributed by atoms with van der Waals surface area (Å²) in [6.07, 6.45) is 0.888. The largest absolute Gasteiger partial charge is 0.338 e. The number of halogens is 1. The van der Waals surface area contributed by atoms with Gasteiger partial charge in [0.15, 0.2) is 0 Å². The summed E-state index contributed by atoms with van der Waals surface area (Å²) in [6, 6.07) is 16.5. The molecule has 2 aliphatic rings. The molecule has 0 bridgehead atoms. The van der Waals surface area contributed by atoms with Crippen LogP contribution < -0.4 is 0 Å². The first-order valence-electron chi connectivity index (χ1n) is 13.4. The van der Waals surface area contributed by atoms with E-state index in [9.17, 15) is 14.0 Å². The number of rotatable bonds is 4. The van der Waals surface area contributed by atoms with Crippen molar-refractivity contribution in [1.82, 2.24) is 14.7 Å². The maximum Gasteiger partial charge on any atom is 0.254 e. The molecule has 2 atom stereocenters. The smallest absolute Gasteiger partial charge is 0.254 e. The van der Waals surface area contributed by atoms with Gasteiger partial charge in [-0.1, -0.05) is 45.0 Å². The maximum absolute atomic E-state index is 14.1. The topological polar surface area (TPSA) is 43.9 Å². The lowest BCUT2D eigenvalue weighted by Gasteiger charge is -2.42. The van der Waals surface area contributed by atoms with Gasteiger partial charge in [-0.15, -0.1) is 11.3 Å². The van der Waals surface area contributed by atoms with Gasteiger partial charge in [-0.25, -0.2) is 4.39 Å². The Hall–Kier alpha value is -3.03. The van der Waals surface area contributed by atoms with Crippen LogP contribution in [-0.4, -0.2) is 65.3 Å². The highest BCUT2D eigenvalue weighted by Gasteiger charge is 2.35. The first kappa shape index (κ1) is 26.6. The van der Waals surface area contributed by atoms with Gasteiger partial charge < -0.3 is 9.80 Å². The normalized spacial score (nSPS) is 20.3. The van der Waals surface area contributed by atoms with Crippen LogP contribution in [0.25, 0.3) is 0 Å². The van der Waals surface area contributed by atoms with Gasteiger partial charge in [0.2, 0.25) is 5.91 Å². The minimum atomic E-state index is -0.265. The van der Waals surface area contributed by atoms with E-state index in [0.29, 0.717) is 25.2 Å². The van der Waals surface area contributed by atoms with Crippen molar-refractivity contribution in [3.8, 4) is 0 Å². The van der Waals surface area contributed by atoms with E-state index in [1.54, 1.807) is 23.5 Å². The molecular formula is C31H36FN3O2S. The van der Waals surface area contributed by atoms with E-state index >= 15 is 0 Å². The molecule has 0 N–H and O–H groups in total. The van der Waals surface area contributed by atoms with Crippen molar-refractivity contribution in [3.05, 3.63) is 92.9 Å². The van der Waals surface area contributed by atoms with Crippen LogP contribution in [0.5, 0.6) is 0 Å². The van der Waals surface area contributed by atoms with Crippen LogP contribution >= 0.6 is 11.3 Å². The van der Waals surface area contributed by atoms with Crippen LogP contribution in [0.15, 0.2) is 60.0 Å². The summed E-state index contributed by atoms with van der Waals surface area (Å²) < 4.78 is 14.1. The third-order valence-electron chi connectivity index (χ3n) is 7.81. The van der Waals surface area contributed by atoms with Crippen LogP contribution in [-0.2, 0) is 16.6 Å². The molecule has 2 aliphatic heterocycles. The Morgan fingerprint density at radius 1 is 1.03 bits per heavy atom. The fraction of sp³-hybridized carbons (Fsp3) is 0.419. The molecule has 0 saturated carbocycles. The first-order chi connectivity index (χ1) is 18.1. The second-order valence-corrected chi connectivity index (χ2v) is 12.5. The number of hydrogen-bond donors (Lipinski definition) is 0. The summed E-state index contributed by atoms with van der Waals surface area (Å²) in [5.41, 5.74) is 3.96. The average Bonchev–Trinajstić information content (AvgIpc) is 3.36. The Kier molecular flexibility index (Phi) is 7.43. The van der Waals surface area contributed by atoms with Gasteiger partial charge in [-0.05, 0) is 71.2 Å². The van der Waals surface area contributed by atoms with Crippen molar-refractivity contribution in [2.75, 3.05) is 32.7 Å². The quantitative estimate of drug-likeness (QED) is 0.445. The Balaban J connectivity index is 1.25. The summed E-state index contributed by atoms with van der Waals surface area (Å²) in [5.74, 6) is -0.199. The molecule has 5 rings (SSSR count). The highest BCUT2D eigenvalue weighted by Crippen LogP contribution is 2.38. The van der Waals surface area contributed by atoms with E-state index in [-0.39, 0.29) is 41.7 Å². The van der Waals surface area contributed by atoms with Crippen LogP contribution in [0.4, 0.5) is 4.39 Å². The van der Waals surface area contributed by atoms with E-state index < -0.39 is 0 Å². The van der Waals surface area contributed by atoms with E-state index in [4.69, 9.17) is 0 Å². The standard InChI is InChI=1S/C31H36FN3O2S/c1-21-19-33(15-16-35(21)30(37)22-8-10-24(11-9-22)31(2,3)4)28(36)20-34-14-12-27-26(13-17-38-27)29(34)23-6-5-7-25(32)18-23/h5-11,13,17-18,21,29H,12,14-16,19-20H2,1-4H3/t21-,29-/m1/s1. The molecule has 38 heavy (non-hydrogen) atoms. The third kappa shape index (κ3) is 5.40. The van der Waals surface area contributed by atoms with Crippen LogP contribution in [0.1, 0.15) is 65.7 Å². The minimum Gasteiger partial charge on any atom is -0.338 e. The molecule has 2 amide bonds. The lowest BCUT2D eigenvalue weighted by atomic mass is 9.86. The summed E-state index contributed by atoms with van der Waals surface area (Å²) in [7, 11) is 0. The molecule has 0 unspecified atom stereocenters. The molecule has 3 heterocycles. The fourth-order valence-corrected chi connectivity index (χ4v) is 6.55. The summed E-state index contributed by atoms with van der Waals surface area (Å²) >= 11 is 1.73. The predicted octanol–water partition coefficient (Wildman–Crippen LogP) is 5.51. The van der Waals surface area contributed by atoms with Gasteiger partial charge >= 0.3 is 0 Å². The maximum atomic E-state index is 14.1. The summed E-state index contributed by atoms with van der Waals surface area (Å²) in [5, 5.41) is 2.08. The second kappa shape index (κ2) is 10.6. The Morgan fingerprint density at radius 3 is 2.47 bits per heavy atom. The zero-order chi connectivity index (χ0) is 27.0. The number of nitrogens with zero attached hydrogens (tertiary/aromatic N) is 3. The van der Waals surface area contributed by atoms with Crippen molar-refractivity contribution in [2.45, 2.75) is 51.6 Å². The first-order valence-corrected chi connectivity index (χ1v) is 14.2. The van der Waals surface area contributed by atoms with Gasteiger partial charge in [0.05, 0.1) is 12.6 Å². The van der Waals surface area contributed by atoms with Crippen LogP contribution in [0.2, 0.25) is 0 Å². The minimum absolute atomic E-state index is 0.0113. The lowest BCUT2D eigenvalue weighted by molar-refractivity contribution is -0.135. The fourth-order valence-electron chi connectivity index (χ4n) is 5.64. The monoisotopic (exact) mass is 533 g/mol. The summed E-state index contributed by atoms with van der Waals surface area (Å²) in [6.45, 7) is 11.0. The van der Waals surface area contributed by atoms with Crippen molar-refractivity contribution in [3.63, 3.8) is 0 Å². The Labute approximate surface area is 228 Å². The molecule has 1 aromatic heterocycles. The third-order valence-corrected chi connectivity index (χ3v) is 8.80. The molecule has 1 saturated heterocycles. The van der Waals surface area contributed by atoms with E-state index in [0.717, 1.165) is 18.5 Å². The number of hydrogen-bond acceptors (Lipinski definition) is 4. The Morgan fingerprint density at radius 2 is 1.79 bits per heavy atom. The van der Waals surface area contributed by atoms with E-state index in [1.807, 2.05) is 47.1 Å². The van der Waals surface area contributed by atoms with Crippen molar-refractivity contribution < 1.29 is 14.0 Å². The van der Waals surface area contributed by atoms with Crippen molar-refractivity contribution >= 4 is 23.2 Å². The van der Waals surface area contributed by atoms with Gasteiger partial charge in [0, 0.05) is 42.7 Å². The Bertz CT molecular complexity index is 1310. The SMILES string of the molecule is C[C@@H]1CN(C(=O)CN2CCc3sccc3[C@H]2c2cccc(F)c2)CCN1C(=O)c1ccc(C(C)(C)C)cc1. The average molecular weight is 534 g/mol. The van der Waals surface area contributed by atoms with Crippen molar-refractivity contribution in [1.29, 1.82) is 0 Å². The molecule has 3 aromatic rings. The second-order valence-electron chi connectivity index (χ2n) is 11.5. The van der Waals surface area contributed by atoms with Crippen LogP contribution in [0, 0.1) is 5.82 Å². The molecule has 0 aliphatic carbocycles. The molecule has 2 aromatic carbocycles.